The fraction of sp³-hybridized carbons (Fsp3) is 0.0455. The SMILES string of the molecule is COc1ccccc1NC(=O)c1cccc(-n2cnc3ccccc3c2=O)c1. The van der Waals surface area contributed by atoms with Gasteiger partial charge in [-0.25, -0.2) is 4.98 Å². The van der Waals surface area contributed by atoms with Crippen molar-refractivity contribution in [2.75, 3.05) is 12.4 Å². The van der Waals surface area contributed by atoms with Gasteiger partial charge in [0.1, 0.15) is 12.1 Å². The lowest BCUT2D eigenvalue weighted by Crippen LogP contribution is -2.19. The molecule has 28 heavy (non-hydrogen) atoms. The second-order valence-electron chi connectivity index (χ2n) is 6.14. The number of nitrogens with one attached hydrogen (secondary N) is 1. The fourth-order valence-corrected chi connectivity index (χ4v) is 2.99. The zero-order valence-electron chi connectivity index (χ0n) is 15.1. The molecule has 1 N–H and O–H groups in total. The summed E-state index contributed by atoms with van der Waals surface area (Å²) in [4.78, 5) is 29.8. The van der Waals surface area contributed by atoms with Crippen LogP contribution in [0.2, 0.25) is 0 Å². The van der Waals surface area contributed by atoms with Crippen molar-refractivity contribution in [3.63, 3.8) is 0 Å². The normalized spacial score (nSPS) is 10.6. The molecule has 0 atom stereocenters. The van der Waals surface area contributed by atoms with E-state index in [1.54, 1.807) is 61.7 Å². The van der Waals surface area contributed by atoms with E-state index in [1.807, 2.05) is 18.2 Å². The Morgan fingerprint density at radius 3 is 2.64 bits per heavy atom. The van der Waals surface area contributed by atoms with E-state index in [0.29, 0.717) is 33.6 Å². The Hall–Kier alpha value is -3.93. The van der Waals surface area contributed by atoms with Crippen molar-refractivity contribution in [1.29, 1.82) is 0 Å². The van der Waals surface area contributed by atoms with Gasteiger partial charge in [-0.3, -0.25) is 14.2 Å². The van der Waals surface area contributed by atoms with E-state index < -0.39 is 0 Å². The van der Waals surface area contributed by atoms with Gasteiger partial charge < -0.3 is 10.1 Å². The average Bonchev–Trinajstić information content (AvgIpc) is 2.74. The van der Waals surface area contributed by atoms with Crippen LogP contribution in [0.3, 0.4) is 0 Å². The van der Waals surface area contributed by atoms with E-state index in [9.17, 15) is 9.59 Å². The molecular weight excluding hydrogens is 354 g/mol. The van der Waals surface area contributed by atoms with Crippen molar-refractivity contribution >= 4 is 22.5 Å². The second kappa shape index (κ2) is 7.36. The lowest BCUT2D eigenvalue weighted by Gasteiger charge is -2.11. The number of fused-ring (bicyclic) bond motifs is 1. The van der Waals surface area contributed by atoms with Gasteiger partial charge in [-0.2, -0.15) is 0 Å². The van der Waals surface area contributed by atoms with Gasteiger partial charge in [0, 0.05) is 5.56 Å². The first-order valence-electron chi connectivity index (χ1n) is 8.68. The molecule has 1 aromatic heterocycles. The maximum absolute atomic E-state index is 12.8. The molecule has 0 saturated heterocycles. The number of benzene rings is 3. The summed E-state index contributed by atoms with van der Waals surface area (Å²) >= 11 is 0. The van der Waals surface area contributed by atoms with Gasteiger partial charge in [-0.15, -0.1) is 0 Å². The molecule has 138 valence electrons. The van der Waals surface area contributed by atoms with Crippen molar-refractivity contribution in [1.82, 2.24) is 9.55 Å². The Morgan fingerprint density at radius 2 is 1.79 bits per heavy atom. The van der Waals surface area contributed by atoms with Crippen LogP contribution in [0.4, 0.5) is 5.69 Å². The molecule has 0 aliphatic rings. The number of aromatic nitrogens is 2. The van der Waals surface area contributed by atoms with Crippen molar-refractivity contribution in [2.45, 2.75) is 0 Å². The lowest BCUT2D eigenvalue weighted by atomic mass is 10.1. The summed E-state index contributed by atoms with van der Waals surface area (Å²) in [6.07, 6.45) is 1.47. The number of carbonyl (C=O) groups excluding carboxylic acids is 1. The fourth-order valence-electron chi connectivity index (χ4n) is 2.99. The smallest absolute Gasteiger partial charge is 0.265 e. The molecule has 0 radical (unpaired) electrons. The van der Waals surface area contributed by atoms with E-state index in [-0.39, 0.29) is 11.5 Å². The third-order valence-electron chi connectivity index (χ3n) is 4.41. The van der Waals surface area contributed by atoms with Crippen LogP contribution in [-0.4, -0.2) is 22.6 Å². The highest BCUT2D eigenvalue weighted by atomic mass is 16.5. The Morgan fingerprint density at radius 1 is 1.00 bits per heavy atom. The molecule has 1 heterocycles. The van der Waals surface area contributed by atoms with Crippen molar-refractivity contribution < 1.29 is 9.53 Å². The van der Waals surface area contributed by atoms with Gasteiger partial charge in [-0.05, 0) is 42.5 Å². The Bertz CT molecular complexity index is 1230. The van der Waals surface area contributed by atoms with E-state index in [0.717, 1.165) is 0 Å². The molecule has 0 unspecified atom stereocenters. The van der Waals surface area contributed by atoms with Gasteiger partial charge >= 0.3 is 0 Å². The molecule has 0 saturated carbocycles. The minimum Gasteiger partial charge on any atom is -0.495 e. The number of amides is 1. The summed E-state index contributed by atoms with van der Waals surface area (Å²) in [5.74, 6) is 0.273. The number of nitrogens with zero attached hydrogens (tertiary/aromatic N) is 2. The maximum Gasteiger partial charge on any atom is 0.265 e. The Labute approximate surface area is 161 Å². The number of hydrogen-bond donors (Lipinski definition) is 1. The first-order chi connectivity index (χ1) is 13.7. The molecule has 0 bridgehead atoms. The molecule has 3 aromatic carbocycles. The lowest BCUT2D eigenvalue weighted by molar-refractivity contribution is 0.102. The molecule has 0 aliphatic carbocycles. The summed E-state index contributed by atoms with van der Waals surface area (Å²) in [5.41, 5.74) is 2.01. The Balaban J connectivity index is 1.69. The Kier molecular flexibility index (Phi) is 4.60. The van der Waals surface area contributed by atoms with Crippen LogP contribution in [0, 0.1) is 0 Å². The number of ether oxygens (including phenoxy) is 1. The van der Waals surface area contributed by atoms with Gasteiger partial charge in [0.05, 0.1) is 29.4 Å². The number of carbonyl (C=O) groups is 1. The highest BCUT2D eigenvalue weighted by Crippen LogP contribution is 2.24. The maximum atomic E-state index is 12.8. The molecule has 0 fully saturated rings. The molecule has 0 aliphatic heterocycles. The largest absolute Gasteiger partial charge is 0.495 e. The standard InChI is InChI=1S/C22H17N3O3/c1-28-20-12-5-4-11-19(20)24-21(26)15-7-6-8-16(13-15)25-14-23-18-10-3-2-9-17(18)22(25)27/h2-14H,1H3,(H,24,26). The van der Waals surface area contributed by atoms with Crippen molar-refractivity contribution in [3.05, 3.63) is 95.0 Å². The van der Waals surface area contributed by atoms with Crippen LogP contribution in [0.5, 0.6) is 5.75 Å². The minimum absolute atomic E-state index is 0.187. The first-order valence-corrected chi connectivity index (χ1v) is 8.68. The van der Waals surface area contributed by atoms with Gasteiger partial charge in [0.25, 0.3) is 11.5 Å². The highest BCUT2D eigenvalue weighted by molar-refractivity contribution is 6.05. The third kappa shape index (κ3) is 3.23. The number of hydrogen-bond acceptors (Lipinski definition) is 4. The van der Waals surface area contributed by atoms with Crippen LogP contribution in [0.1, 0.15) is 10.4 Å². The number of anilines is 1. The van der Waals surface area contributed by atoms with Crippen LogP contribution in [0.25, 0.3) is 16.6 Å². The topological polar surface area (TPSA) is 73.2 Å². The van der Waals surface area contributed by atoms with E-state index in [4.69, 9.17) is 4.74 Å². The van der Waals surface area contributed by atoms with Crippen LogP contribution < -0.4 is 15.6 Å². The minimum atomic E-state index is -0.298. The number of para-hydroxylation sites is 3. The van der Waals surface area contributed by atoms with Crippen LogP contribution in [0.15, 0.2) is 83.9 Å². The molecule has 0 spiro atoms. The summed E-state index contributed by atoms with van der Waals surface area (Å²) < 4.78 is 6.70. The van der Waals surface area contributed by atoms with Gasteiger partial charge in [0.15, 0.2) is 0 Å². The predicted molar refractivity (Wildman–Crippen MR) is 108 cm³/mol. The van der Waals surface area contributed by atoms with E-state index in [2.05, 4.69) is 10.3 Å². The molecular formula is C22H17N3O3. The monoisotopic (exact) mass is 371 g/mol. The third-order valence-corrected chi connectivity index (χ3v) is 4.41. The zero-order valence-corrected chi connectivity index (χ0v) is 15.1. The number of rotatable bonds is 4. The predicted octanol–water partition coefficient (Wildman–Crippen LogP) is 3.65. The number of methoxy groups -OCH3 is 1. The second-order valence-corrected chi connectivity index (χ2v) is 6.14. The molecule has 6 heteroatoms. The summed E-state index contributed by atoms with van der Waals surface area (Å²) in [5, 5.41) is 3.36. The van der Waals surface area contributed by atoms with Crippen LogP contribution in [-0.2, 0) is 0 Å². The quantitative estimate of drug-likeness (QED) is 0.594. The molecule has 4 rings (SSSR count). The molecule has 4 aromatic rings. The average molecular weight is 371 g/mol. The summed E-state index contributed by atoms with van der Waals surface area (Å²) in [6, 6.07) is 21.2. The first kappa shape index (κ1) is 17.5. The summed E-state index contributed by atoms with van der Waals surface area (Å²) in [7, 11) is 1.55. The summed E-state index contributed by atoms with van der Waals surface area (Å²) in [6.45, 7) is 0. The van der Waals surface area contributed by atoms with Gasteiger partial charge in [0.2, 0.25) is 0 Å². The van der Waals surface area contributed by atoms with E-state index >= 15 is 0 Å². The van der Waals surface area contributed by atoms with Crippen LogP contribution >= 0.6 is 0 Å². The van der Waals surface area contributed by atoms with Gasteiger partial charge in [-0.1, -0.05) is 30.3 Å². The molecule has 1 amide bonds. The highest BCUT2D eigenvalue weighted by Gasteiger charge is 2.11. The molecule has 6 nitrogen and oxygen atoms in total. The van der Waals surface area contributed by atoms with Crippen molar-refractivity contribution in [2.24, 2.45) is 0 Å². The van der Waals surface area contributed by atoms with E-state index in [1.165, 1.54) is 10.9 Å². The van der Waals surface area contributed by atoms with Crippen molar-refractivity contribution in [3.8, 4) is 11.4 Å². The zero-order chi connectivity index (χ0) is 19.5.